The number of rotatable bonds is 2. The molecule has 2 unspecified atom stereocenters. The first-order chi connectivity index (χ1) is 5.36. The fraction of sp³-hybridized carbons (Fsp3) is 0.889. The van der Waals surface area contributed by atoms with Crippen LogP contribution in [0.1, 0.15) is 25.7 Å². The van der Waals surface area contributed by atoms with Crippen molar-refractivity contribution in [3.05, 3.63) is 0 Å². The number of amides is 1. The van der Waals surface area contributed by atoms with Crippen molar-refractivity contribution in [3.63, 3.8) is 0 Å². The average molecular weight is 151 g/mol. The summed E-state index contributed by atoms with van der Waals surface area (Å²) in [6.45, 7) is 0. The molecular weight excluding hydrogens is 138 g/mol. The van der Waals surface area contributed by atoms with E-state index in [4.69, 9.17) is 0 Å². The summed E-state index contributed by atoms with van der Waals surface area (Å²) in [5.41, 5.74) is 0. The molecule has 1 N–H and O–H groups in total. The SMILES string of the molecule is O=C1NC(C2CC2)C1C1CC1. The van der Waals surface area contributed by atoms with Crippen LogP contribution >= 0.6 is 0 Å². The topological polar surface area (TPSA) is 29.1 Å². The number of hydrogen-bond acceptors (Lipinski definition) is 1. The van der Waals surface area contributed by atoms with Crippen LogP contribution in [0.5, 0.6) is 0 Å². The minimum absolute atomic E-state index is 0.337. The van der Waals surface area contributed by atoms with Gasteiger partial charge in [0.05, 0.1) is 5.92 Å². The van der Waals surface area contributed by atoms with Crippen molar-refractivity contribution >= 4 is 5.91 Å². The summed E-state index contributed by atoms with van der Waals surface area (Å²) in [5.74, 6) is 2.40. The summed E-state index contributed by atoms with van der Waals surface area (Å²) in [7, 11) is 0. The van der Waals surface area contributed by atoms with Crippen molar-refractivity contribution in [2.45, 2.75) is 31.7 Å². The second-order valence-corrected chi connectivity index (χ2v) is 4.24. The minimum atomic E-state index is 0.337. The number of β-lactam (4-membered cyclic amide) rings is 1. The van der Waals surface area contributed by atoms with Gasteiger partial charge in [0.2, 0.25) is 5.91 Å². The lowest BCUT2D eigenvalue weighted by atomic mass is 9.83. The first-order valence-electron chi connectivity index (χ1n) is 4.66. The van der Waals surface area contributed by atoms with Crippen LogP contribution in [0.3, 0.4) is 0 Å². The van der Waals surface area contributed by atoms with E-state index in [9.17, 15) is 4.79 Å². The van der Waals surface area contributed by atoms with Crippen LogP contribution in [-0.4, -0.2) is 11.9 Å². The van der Waals surface area contributed by atoms with Crippen molar-refractivity contribution < 1.29 is 4.79 Å². The number of hydrogen-bond donors (Lipinski definition) is 1. The molecule has 3 aliphatic rings. The first-order valence-corrected chi connectivity index (χ1v) is 4.66. The summed E-state index contributed by atoms with van der Waals surface area (Å²) in [4.78, 5) is 11.1. The highest BCUT2D eigenvalue weighted by molar-refractivity contribution is 5.86. The second-order valence-electron chi connectivity index (χ2n) is 4.24. The molecule has 2 saturated carbocycles. The highest BCUT2D eigenvalue weighted by Crippen LogP contribution is 2.48. The first kappa shape index (κ1) is 6.04. The Morgan fingerprint density at radius 2 is 1.73 bits per heavy atom. The van der Waals surface area contributed by atoms with Gasteiger partial charge in [-0.1, -0.05) is 0 Å². The molecule has 1 saturated heterocycles. The Labute approximate surface area is 66.4 Å². The van der Waals surface area contributed by atoms with Gasteiger partial charge in [0, 0.05) is 6.04 Å². The highest BCUT2D eigenvalue weighted by atomic mass is 16.2. The Bertz CT molecular complexity index is 206. The monoisotopic (exact) mass is 151 g/mol. The molecule has 0 bridgehead atoms. The van der Waals surface area contributed by atoms with E-state index in [0.29, 0.717) is 17.9 Å². The lowest BCUT2D eigenvalue weighted by molar-refractivity contribution is -0.136. The molecular formula is C9H13NO. The molecule has 0 aromatic rings. The molecule has 3 rings (SSSR count). The third-order valence-corrected chi connectivity index (χ3v) is 3.26. The number of carbonyl (C=O) groups excluding carboxylic acids is 1. The zero-order valence-corrected chi connectivity index (χ0v) is 6.55. The molecule has 1 aliphatic heterocycles. The normalized spacial score (nSPS) is 43.1. The van der Waals surface area contributed by atoms with Crippen LogP contribution < -0.4 is 5.32 Å². The lowest BCUT2D eigenvalue weighted by Crippen LogP contribution is -2.60. The zero-order valence-electron chi connectivity index (χ0n) is 6.55. The van der Waals surface area contributed by atoms with E-state index in [-0.39, 0.29) is 0 Å². The van der Waals surface area contributed by atoms with Crippen LogP contribution in [0.15, 0.2) is 0 Å². The van der Waals surface area contributed by atoms with Crippen molar-refractivity contribution in [3.8, 4) is 0 Å². The average Bonchev–Trinajstić information content (AvgIpc) is 2.75. The standard InChI is InChI=1S/C9H13NO/c11-9-7(5-1-2-5)8(10-9)6-3-4-6/h5-8H,1-4H2,(H,10,11). The molecule has 2 heteroatoms. The van der Waals surface area contributed by atoms with E-state index >= 15 is 0 Å². The largest absolute Gasteiger partial charge is 0.352 e. The quantitative estimate of drug-likeness (QED) is 0.584. The molecule has 3 fully saturated rings. The van der Waals surface area contributed by atoms with Gasteiger partial charge in [-0.05, 0) is 37.5 Å². The molecule has 1 amide bonds. The van der Waals surface area contributed by atoms with Crippen LogP contribution in [0.25, 0.3) is 0 Å². The molecule has 1 heterocycles. The Hall–Kier alpha value is -0.530. The maximum atomic E-state index is 11.1. The summed E-state index contributed by atoms with van der Waals surface area (Å²) in [6, 6.07) is 0.593. The second kappa shape index (κ2) is 1.79. The number of nitrogens with one attached hydrogen (secondary N) is 1. The fourth-order valence-corrected chi connectivity index (χ4v) is 2.25. The number of carbonyl (C=O) groups is 1. The van der Waals surface area contributed by atoms with E-state index in [1.54, 1.807) is 0 Å². The molecule has 60 valence electrons. The smallest absolute Gasteiger partial charge is 0.225 e. The van der Waals surface area contributed by atoms with Gasteiger partial charge in [-0.15, -0.1) is 0 Å². The van der Waals surface area contributed by atoms with Gasteiger partial charge in [-0.25, -0.2) is 0 Å². The van der Waals surface area contributed by atoms with E-state index in [0.717, 1.165) is 11.8 Å². The van der Waals surface area contributed by atoms with Crippen LogP contribution in [0.4, 0.5) is 0 Å². The molecule has 0 radical (unpaired) electrons. The van der Waals surface area contributed by atoms with Gasteiger partial charge in [-0.2, -0.15) is 0 Å². The molecule has 2 atom stereocenters. The van der Waals surface area contributed by atoms with Gasteiger partial charge in [0.1, 0.15) is 0 Å². The summed E-state index contributed by atoms with van der Waals surface area (Å²) >= 11 is 0. The maximum absolute atomic E-state index is 11.1. The van der Waals surface area contributed by atoms with Crippen molar-refractivity contribution in [1.82, 2.24) is 5.32 Å². The molecule has 0 spiro atoms. The van der Waals surface area contributed by atoms with Crippen molar-refractivity contribution in [2.24, 2.45) is 17.8 Å². The van der Waals surface area contributed by atoms with Crippen molar-refractivity contribution in [1.29, 1.82) is 0 Å². The van der Waals surface area contributed by atoms with Gasteiger partial charge in [0.15, 0.2) is 0 Å². The fourth-order valence-electron chi connectivity index (χ4n) is 2.25. The van der Waals surface area contributed by atoms with Gasteiger partial charge < -0.3 is 5.32 Å². The molecule has 0 aromatic heterocycles. The van der Waals surface area contributed by atoms with Gasteiger partial charge in [0.25, 0.3) is 0 Å². The summed E-state index contributed by atoms with van der Waals surface area (Å²) in [5, 5.41) is 3.04. The zero-order chi connectivity index (χ0) is 7.42. The van der Waals surface area contributed by atoms with Crippen molar-refractivity contribution in [2.75, 3.05) is 0 Å². The predicted octanol–water partition coefficient (Wildman–Crippen LogP) is 0.921. The molecule has 11 heavy (non-hydrogen) atoms. The van der Waals surface area contributed by atoms with Gasteiger partial charge >= 0.3 is 0 Å². The van der Waals surface area contributed by atoms with Gasteiger partial charge in [-0.3, -0.25) is 4.79 Å². The molecule has 0 aromatic carbocycles. The highest BCUT2D eigenvalue weighted by Gasteiger charge is 2.53. The minimum Gasteiger partial charge on any atom is -0.352 e. The van der Waals surface area contributed by atoms with Crippen LogP contribution in [-0.2, 0) is 4.79 Å². The van der Waals surface area contributed by atoms with Crippen LogP contribution in [0, 0.1) is 17.8 Å². The van der Waals surface area contributed by atoms with E-state index in [1.807, 2.05) is 0 Å². The third-order valence-electron chi connectivity index (χ3n) is 3.26. The molecule has 2 nitrogen and oxygen atoms in total. The van der Waals surface area contributed by atoms with Crippen LogP contribution in [0.2, 0.25) is 0 Å². The summed E-state index contributed by atoms with van der Waals surface area (Å²) < 4.78 is 0. The Morgan fingerprint density at radius 3 is 2.18 bits per heavy atom. The Kier molecular flexibility index (Phi) is 0.984. The van der Waals surface area contributed by atoms with E-state index in [2.05, 4.69) is 5.32 Å². The predicted molar refractivity (Wildman–Crippen MR) is 40.9 cm³/mol. The van der Waals surface area contributed by atoms with E-state index in [1.165, 1.54) is 25.7 Å². The Morgan fingerprint density at radius 1 is 1.09 bits per heavy atom. The summed E-state index contributed by atoms with van der Waals surface area (Å²) in [6.07, 6.45) is 5.32. The Balaban J connectivity index is 1.71. The lowest BCUT2D eigenvalue weighted by Gasteiger charge is -2.37. The third kappa shape index (κ3) is 0.815. The molecule has 2 aliphatic carbocycles. The maximum Gasteiger partial charge on any atom is 0.225 e. The van der Waals surface area contributed by atoms with E-state index < -0.39 is 0 Å².